The van der Waals surface area contributed by atoms with E-state index in [0.29, 0.717) is 0 Å². The minimum atomic E-state index is -3.42. The van der Waals surface area contributed by atoms with E-state index >= 15 is 0 Å². The van der Waals surface area contributed by atoms with E-state index in [1.165, 1.54) is 5.56 Å². The van der Waals surface area contributed by atoms with E-state index in [1.807, 2.05) is 54.6 Å². The van der Waals surface area contributed by atoms with Crippen molar-refractivity contribution in [3.63, 3.8) is 0 Å². The molecule has 1 heterocycles. The van der Waals surface area contributed by atoms with Gasteiger partial charge in [0.15, 0.2) is 0 Å². The molecule has 1 aliphatic rings. The Balaban J connectivity index is 1.91. The van der Waals surface area contributed by atoms with Gasteiger partial charge in [-0.3, -0.25) is 0 Å². The topological polar surface area (TPSA) is 39.1 Å². The fourth-order valence-corrected chi connectivity index (χ4v) is 5.36. The van der Waals surface area contributed by atoms with Gasteiger partial charge in [0.25, 0.3) is 0 Å². The number of nitrogens with zero attached hydrogens (tertiary/aromatic N) is 1. The molecular weight excluding hydrogens is 306 g/mol. The van der Waals surface area contributed by atoms with Crippen LogP contribution in [0.1, 0.15) is 29.7 Å². The zero-order valence-electron chi connectivity index (χ0n) is 12.9. The summed E-state index contributed by atoms with van der Waals surface area (Å²) in [5, 5.41) is 1.10. The highest BCUT2D eigenvalue weighted by Gasteiger charge is 2.26. The van der Waals surface area contributed by atoms with Crippen molar-refractivity contribution in [2.45, 2.75) is 31.4 Å². The molecule has 4 rings (SSSR count). The molecule has 118 valence electrons. The second kappa shape index (κ2) is 5.53. The molecule has 1 aromatic heterocycles. The van der Waals surface area contributed by atoms with Crippen molar-refractivity contribution in [1.29, 1.82) is 0 Å². The first-order valence-corrected chi connectivity index (χ1v) is 9.66. The summed E-state index contributed by atoms with van der Waals surface area (Å²) in [5.74, 6) is 0.0406. The largest absolute Gasteiger partial charge is 0.243 e. The highest BCUT2D eigenvalue weighted by atomic mass is 32.2. The Labute approximate surface area is 136 Å². The maximum Gasteiger partial charge on any atom is 0.243 e. The van der Waals surface area contributed by atoms with Crippen LogP contribution >= 0.6 is 0 Å². The quantitative estimate of drug-likeness (QED) is 0.732. The van der Waals surface area contributed by atoms with Crippen molar-refractivity contribution in [3.05, 3.63) is 71.4 Å². The Bertz CT molecular complexity index is 956. The van der Waals surface area contributed by atoms with Gasteiger partial charge in [-0.25, -0.2) is 12.4 Å². The molecule has 3 aromatic rings. The van der Waals surface area contributed by atoms with Crippen LogP contribution in [0.15, 0.2) is 54.6 Å². The number of aryl methyl sites for hydroxylation is 1. The fourth-order valence-electron chi connectivity index (χ4n) is 3.62. The number of hydrogen-bond acceptors (Lipinski definition) is 2. The summed E-state index contributed by atoms with van der Waals surface area (Å²) in [7, 11) is -3.42. The summed E-state index contributed by atoms with van der Waals surface area (Å²) in [6, 6.07) is 17.3. The summed E-state index contributed by atoms with van der Waals surface area (Å²) in [5.41, 5.74) is 3.88. The Morgan fingerprint density at radius 3 is 2.39 bits per heavy atom. The highest BCUT2D eigenvalue weighted by Crippen LogP contribution is 2.33. The van der Waals surface area contributed by atoms with Crippen LogP contribution in [0.25, 0.3) is 10.9 Å². The average molecular weight is 325 g/mol. The Hall–Kier alpha value is -2.07. The van der Waals surface area contributed by atoms with E-state index in [2.05, 4.69) is 0 Å². The first kappa shape index (κ1) is 14.5. The van der Waals surface area contributed by atoms with Crippen LogP contribution in [-0.4, -0.2) is 12.4 Å². The van der Waals surface area contributed by atoms with Crippen LogP contribution in [0.5, 0.6) is 0 Å². The molecule has 4 heteroatoms. The lowest BCUT2D eigenvalue weighted by molar-refractivity contribution is 0.581. The van der Waals surface area contributed by atoms with Crippen LogP contribution in [-0.2, 0) is 28.6 Å². The smallest absolute Gasteiger partial charge is 0.241 e. The third kappa shape index (κ3) is 2.47. The van der Waals surface area contributed by atoms with E-state index in [0.717, 1.165) is 47.8 Å². The third-order valence-corrected chi connectivity index (χ3v) is 6.27. The van der Waals surface area contributed by atoms with Crippen molar-refractivity contribution in [1.82, 2.24) is 3.97 Å². The van der Waals surface area contributed by atoms with Gasteiger partial charge < -0.3 is 0 Å². The van der Waals surface area contributed by atoms with Crippen molar-refractivity contribution in [2.75, 3.05) is 0 Å². The molecule has 0 amide bonds. The van der Waals surface area contributed by atoms with Gasteiger partial charge in [0.05, 0.1) is 11.3 Å². The number of fused-ring (bicyclic) bond motifs is 3. The zero-order chi connectivity index (χ0) is 15.9. The molecule has 3 nitrogen and oxygen atoms in total. The standard InChI is InChI=1S/C19H19NO2S/c21-23(22,14-15-8-2-1-3-9-15)20-18-12-6-4-10-16(18)17-11-5-7-13-19(17)20/h1-4,6,8-10,12H,5,7,11,13-14H2. The minimum absolute atomic E-state index is 0.0406. The molecule has 0 aliphatic heterocycles. The fraction of sp³-hybridized carbons (Fsp3) is 0.263. The molecule has 0 saturated heterocycles. The van der Waals surface area contributed by atoms with Gasteiger partial charge in [0.2, 0.25) is 10.0 Å². The van der Waals surface area contributed by atoms with Gasteiger partial charge in [-0.05, 0) is 42.9 Å². The summed E-state index contributed by atoms with van der Waals surface area (Å²) in [6.07, 6.45) is 4.02. The van der Waals surface area contributed by atoms with Crippen LogP contribution in [0.2, 0.25) is 0 Å². The molecule has 0 radical (unpaired) electrons. The molecular formula is C19H19NO2S. The third-order valence-electron chi connectivity index (χ3n) is 4.60. The molecule has 0 spiro atoms. The lowest BCUT2D eigenvalue weighted by Crippen LogP contribution is -2.19. The Kier molecular flexibility index (Phi) is 3.49. The van der Waals surface area contributed by atoms with Crippen molar-refractivity contribution >= 4 is 20.9 Å². The summed E-state index contributed by atoms with van der Waals surface area (Å²) in [6.45, 7) is 0. The number of para-hydroxylation sites is 1. The predicted molar refractivity (Wildman–Crippen MR) is 93.0 cm³/mol. The summed E-state index contributed by atoms with van der Waals surface area (Å²) >= 11 is 0. The van der Waals surface area contributed by atoms with Crippen LogP contribution in [0.4, 0.5) is 0 Å². The molecule has 1 aliphatic carbocycles. The minimum Gasteiger partial charge on any atom is -0.241 e. The lowest BCUT2D eigenvalue weighted by atomic mass is 9.96. The molecule has 2 aromatic carbocycles. The molecule has 0 N–H and O–H groups in total. The van der Waals surface area contributed by atoms with Crippen molar-refractivity contribution < 1.29 is 8.42 Å². The molecule has 0 atom stereocenters. The van der Waals surface area contributed by atoms with Gasteiger partial charge in [-0.15, -0.1) is 0 Å². The van der Waals surface area contributed by atoms with Crippen molar-refractivity contribution in [2.24, 2.45) is 0 Å². The first-order chi connectivity index (χ1) is 11.2. The highest BCUT2D eigenvalue weighted by molar-refractivity contribution is 7.89. The second-order valence-electron chi connectivity index (χ2n) is 6.16. The molecule has 0 fully saturated rings. The van der Waals surface area contributed by atoms with E-state index in [4.69, 9.17) is 0 Å². The number of hydrogen-bond donors (Lipinski definition) is 0. The van der Waals surface area contributed by atoms with Crippen molar-refractivity contribution in [3.8, 4) is 0 Å². The maximum absolute atomic E-state index is 13.1. The van der Waals surface area contributed by atoms with Crippen LogP contribution in [0.3, 0.4) is 0 Å². The SMILES string of the molecule is O=S(=O)(Cc1ccccc1)n1c2c(c3ccccc31)CCCC2. The van der Waals surface area contributed by atoms with Crippen LogP contribution < -0.4 is 0 Å². The molecule has 0 unspecified atom stereocenters. The van der Waals surface area contributed by atoms with Gasteiger partial charge in [0.1, 0.15) is 0 Å². The second-order valence-corrected chi connectivity index (χ2v) is 7.97. The van der Waals surface area contributed by atoms with E-state index in [1.54, 1.807) is 3.97 Å². The van der Waals surface area contributed by atoms with Gasteiger partial charge in [-0.1, -0.05) is 48.5 Å². The van der Waals surface area contributed by atoms with Gasteiger partial charge in [-0.2, -0.15) is 0 Å². The normalized spacial score (nSPS) is 14.8. The average Bonchev–Trinajstić information content (AvgIpc) is 2.91. The monoisotopic (exact) mass is 325 g/mol. The van der Waals surface area contributed by atoms with E-state index in [-0.39, 0.29) is 5.75 Å². The number of benzene rings is 2. The number of aromatic nitrogens is 1. The molecule has 23 heavy (non-hydrogen) atoms. The predicted octanol–water partition coefficient (Wildman–Crippen LogP) is 3.90. The van der Waals surface area contributed by atoms with E-state index in [9.17, 15) is 8.42 Å². The summed E-state index contributed by atoms with van der Waals surface area (Å²) in [4.78, 5) is 0. The zero-order valence-corrected chi connectivity index (χ0v) is 13.7. The first-order valence-electron chi connectivity index (χ1n) is 8.05. The molecule has 0 saturated carbocycles. The molecule has 0 bridgehead atoms. The Morgan fingerprint density at radius 2 is 1.57 bits per heavy atom. The number of rotatable bonds is 3. The van der Waals surface area contributed by atoms with Gasteiger partial charge >= 0.3 is 0 Å². The van der Waals surface area contributed by atoms with E-state index < -0.39 is 10.0 Å². The summed E-state index contributed by atoms with van der Waals surface area (Å²) < 4.78 is 27.8. The Morgan fingerprint density at radius 1 is 0.870 bits per heavy atom. The lowest BCUT2D eigenvalue weighted by Gasteiger charge is -2.16. The maximum atomic E-state index is 13.1. The van der Waals surface area contributed by atoms with Crippen LogP contribution in [0, 0.1) is 0 Å². The van der Waals surface area contributed by atoms with Gasteiger partial charge in [0, 0.05) is 11.1 Å².